The van der Waals surface area contributed by atoms with Crippen LogP contribution < -0.4 is 0 Å². The maximum absolute atomic E-state index is 12.4. The lowest BCUT2D eigenvalue weighted by atomic mass is 10.0. The van der Waals surface area contributed by atoms with Crippen LogP contribution in [0, 0.1) is 0 Å². The second-order valence-electron chi connectivity index (χ2n) is 15.0. The van der Waals surface area contributed by atoms with E-state index in [2.05, 4.69) is 54.8 Å². The molecule has 0 aromatic heterocycles. The van der Waals surface area contributed by atoms with E-state index in [0.29, 0.717) is 12.8 Å². The number of allylic oxidation sites excluding steroid dienone is 6. The van der Waals surface area contributed by atoms with Gasteiger partial charge in [0, 0.05) is 12.8 Å². The first-order chi connectivity index (χ1) is 26.3. The SMILES string of the molecule is CCCCCC/C=C/C=C/CCCCCCCC(=O)OC[C@H](COP(=O)(O)O)OC(=O)CCCCCCCCCCCCC/C=C/CCCCCCCC. The molecule has 8 nitrogen and oxygen atoms in total. The zero-order valence-corrected chi connectivity index (χ0v) is 35.8. The first-order valence-corrected chi connectivity index (χ1v) is 23.8. The van der Waals surface area contributed by atoms with Gasteiger partial charge in [0.15, 0.2) is 6.10 Å². The molecule has 0 spiro atoms. The van der Waals surface area contributed by atoms with Crippen LogP contribution in [-0.4, -0.2) is 41.0 Å². The number of hydrogen-bond acceptors (Lipinski definition) is 6. The van der Waals surface area contributed by atoms with Crippen LogP contribution in [0.2, 0.25) is 0 Å². The molecule has 0 aliphatic heterocycles. The van der Waals surface area contributed by atoms with Crippen LogP contribution in [-0.2, 0) is 28.2 Å². The average molecular weight is 783 g/mol. The number of esters is 2. The first-order valence-electron chi connectivity index (χ1n) is 22.3. The molecule has 0 bridgehead atoms. The molecular formula is C45H83O8P. The summed E-state index contributed by atoms with van der Waals surface area (Å²) >= 11 is 0. The Morgan fingerprint density at radius 1 is 0.481 bits per heavy atom. The molecule has 0 aromatic rings. The Morgan fingerprint density at radius 3 is 1.26 bits per heavy atom. The van der Waals surface area contributed by atoms with Gasteiger partial charge in [0.2, 0.25) is 0 Å². The minimum absolute atomic E-state index is 0.209. The van der Waals surface area contributed by atoms with E-state index in [4.69, 9.17) is 19.3 Å². The molecule has 0 aliphatic carbocycles. The van der Waals surface area contributed by atoms with Gasteiger partial charge in [0.25, 0.3) is 0 Å². The molecule has 0 aliphatic rings. The number of phosphoric ester groups is 1. The first kappa shape index (κ1) is 52.3. The lowest BCUT2D eigenvalue weighted by molar-refractivity contribution is -0.161. The molecule has 54 heavy (non-hydrogen) atoms. The van der Waals surface area contributed by atoms with Crippen molar-refractivity contribution in [2.24, 2.45) is 0 Å². The van der Waals surface area contributed by atoms with Crippen LogP contribution in [0.1, 0.15) is 219 Å². The standard InChI is InChI=1S/C45H83O8P/c1-3-5-7-9-11-13-15-17-19-20-21-22-23-24-26-28-30-32-34-36-38-40-45(47)53-43(42-52-54(48,49)50)41-51-44(46)39-37-35-33-31-29-27-25-18-16-14-12-10-8-6-4-2/h14,16-19,25,43H,3-13,15,20-24,26-42H2,1-2H3,(H2,48,49,50)/b16-14+,19-17+,25-18+/t43-/m1/s1. The van der Waals surface area contributed by atoms with Crippen LogP contribution in [0.25, 0.3) is 0 Å². The van der Waals surface area contributed by atoms with Gasteiger partial charge in [-0.1, -0.05) is 179 Å². The highest BCUT2D eigenvalue weighted by Crippen LogP contribution is 2.36. The van der Waals surface area contributed by atoms with Crippen LogP contribution in [0.15, 0.2) is 36.5 Å². The van der Waals surface area contributed by atoms with Crippen LogP contribution >= 0.6 is 7.82 Å². The Labute approximate surface area is 332 Å². The molecule has 0 amide bonds. The lowest BCUT2D eigenvalue weighted by Gasteiger charge is -2.18. The predicted molar refractivity (Wildman–Crippen MR) is 225 cm³/mol. The molecule has 0 fully saturated rings. The molecule has 0 radical (unpaired) electrons. The summed E-state index contributed by atoms with van der Waals surface area (Å²) < 4.78 is 26.4. The van der Waals surface area contributed by atoms with Crippen molar-refractivity contribution in [2.45, 2.75) is 225 Å². The van der Waals surface area contributed by atoms with Crippen molar-refractivity contribution in [1.82, 2.24) is 0 Å². The Balaban J connectivity index is 3.88. The molecule has 0 heterocycles. The second-order valence-corrected chi connectivity index (χ2v) is 16.3. The molecule has 0 saturated heterocycles. The number of carbonyl (C=O) groups is 2. The highest BCUT2D eigenvalue weighted by atomic mass is 31.2. The lowest BCUT2D eigenvalue weighted by Crippen LogP contribution is -2.29. The van der Waals surface area contributed by atoms with Gasteiger partial charge in [-0.2, -0.15) is 0 Å². The molecule has 2 N–H and O–H groups in total. The highest BCUT2D eigenvalue weighted by Gasteiger charge is 2.22. The van der Waals surface area contributed by atoms with E-state index in [9.17, 15) is 14.2 Å². The summed E-state index contributed by atoms with van der Waals surface area (Å²) in [5.41, 5.74) is 0. The normalized spacial score (nSPS) is 12.7. The van der Waals surface area contributed by atoms with E-state index in [1.165, 1.54) is 122 Å². The number of hydrogen-bond donors (Lipinski definition) is 2. The van der Waals surface area contributed by atoms with Gasteiger partial charge in [-0.3, -0.25) is 14.1 Å². The third-order valence-corrected chi connectivity index (χ3v) is 10.1. The fraction of sp³-hybridized carbons (Fsp3) is 0.822. The molecule has 0 unspecified atom stereocenters. The fourth-order valence-corrected chi connectivity index (χ4v) is 6.66. The smallest absolute Gasteiger partial charge is 0.462 e. The Hall–Kier alpha value is -1.73. The van der Waals surface area contributed by atoms with Gasteiger partial charge in [0.05, 0.1) is 6.61 Å². The topological polar surface area (TPSA) is 119 Å². The van der Waals surface area contributed by atoms with E-state index >= 15 is 0 Å². The van der Waals surface area contributed by atoms with Crippen LogP contribution in [0.5, 0.6) is 0 Å². The monoisotopic (exact) mass is 783 g/mol. The van der Waals surface area contributed by atoms with Crippen LogP contribution in [0.3, 0.4) is 0 Å². The molecule has 316 valence electrons. The Morgan fingerprint density at radius 2 is 0.833 bits per heavy atom. The van der Waals surface area contributed by atoms with Crippen molar-refractivity contribution in [2.75, 3.05) is 13.2 Å². The van der Waals surface area contributed by atoms with Gasteiger partial charge in [-0.25, -0.2) is 4.57 Å². The third-order valence-electron chi connectivity index (χ3n) is 9.66. The second kappa shape index (κ2) is 40.9. The van der Waals surface area contributed by atoms with Gasteiger partial charge >= 0.3 is 19.8 Å². The Kier molecular flexibility index (Phi) is 39.6. The zero-order chi connectivity index (χ0) is 39.6. The van der Waals surface area contributed by atoms with Crippen molar-refractivity contribution < 1.29 is 37.9 Å². The maximum atomic E-state index is 12.4. The van der Waals surface area contributed by atoms with E-state index < -0.39 is 32.5 Å². The molecule has 0 aromatic carbocycles. The molecule has 9 heteroatoms. The van der Waals surface area contributed by atoms with Crippen molar-refractivity contribution in [3.8, 4) is 0 Å². The average Bonchev–Trinajstić information content (AvgIpc) is 3.14. The summed E-state index contributed by atoms with van der Waals surface area (Å²) in [5.74, 6) is -0.898. The van der Waals surface area contributed by atoms with Crippen molar-refractivity contribution >= 4 is 19.8 Å². The molecular weight excluding hydrogens is 699 g/mol. The fourth-order valence-electron chi connectivity index (χ4n) is 6.30. The summed E-state index contributed by atoms with van der Waals surface area (Å²) in [5, 5.41) is 0. The van der Waals surface area contributed by atoms with E-state index in [0.717, 1.165) is 57.8 Å². The maximum Gasteiger partial charge on any atom is 0.469 e. The minimum Gasteiger partial charge on any atom is -0.462 e. The number of unbranched alkanes of at least 4 members (excludes halogenated alkanes) is 26. The van der Waals surface area contributed by atoms with Gasteiger partial charge in [0.1, 0.15) is 6.61 Å². The summed E-state index contributed by atoms with van der Waals surface area (Å²) in [6, 6.07) is 0. The summed E-state index contributed by atoms with van der Waals surface area (Å²) in [4.78, 5) is 42.9. The van der Waals surface area contributed by atoms with Crippen molar-refractivity contribution in [3.63, 3.8) is 0 Å². The van der Waals surface area contributed by atoms with Crippen LogP contribution in [0.4, 0.5) is 0 Å². The van der Waals surface area contributed by atoms with E-state index in [1.807, 2.05) is 0 Å². The van der Waals surface area contributed by atoms with Gasteiger partial charge in [-0.05, 0) is 64.2 Å². The third kappa shape index (κ3) is 43.0. The van der Waals surface area contributed by atoms with Gasteiger partial charge < -0.3 is 19.3 Å². The highest BCUT2D eigenvalue weighted by molar-refractivity contribution is 7.46. The summed E-state index contributed by atoms with van der Waals surface area (Å²) in [6.45, 7) is 3.66. The van der Waals surface area contributed by atoms with E-state index in [1.54, 1.807) is 0 Å². The number of phosphoric acid groups is 1. The number of ether oxygens (including phenoxy) is 2. The minimum atomic E-state index is -4.76. The quantitative estimate of drug-likeness (QED) is 0.0207. The molecule has 1 atom stereocenters. The number of carbonyl (C=O) groups excluding carboxylic acids is 2. The van der Waals surface area contributed by atoms with Crippen molar-refractivity contribution in [3.05, 3.63) is 36.5 Å². The summed E-state index contributed by atoms with van der Waals surface area (Å²) in [6.07, 6.45) is 48.7. The molecule has 0 saturated carbocycles. The van der Waals surface area contributed by atoms with E-state index in [-0.39, 0.29) is 19.4 Å². The van der Waals surface area contributed by atoms with Crippen molar-refractivity contribution in [1.29, 1.82) is 0 Å². The predicted octanol–water partition coefficient (Wildman–Crippen LogP) is 13.7. The summed E-state index contributed by atoms with van der Waals surface area (Å²) in [7, 11) is -4.76. The Bertz CT molecular complexity index is 973. The zero-order valence-electron chi connectivity index (χ0n) is 34.9. The largest absolute Gasteiger partial charge is 0.469 e. The number of rotatable bonds is 41. The molecule has 0 rings (SSSR count). The van der Waals surface area contributed by atoms with Gasteiger partial charge in [-0.15, -0.1) is 0 Å².